The zero-order valence-corrected chi connectivity index (χ0v) is 11.5. The Morgan fingerprint density at radius 2 is 1.95 bits per heavy atom. The fraction of sp³-hybridized carbons (Fsp3) is 0.375. The molecule has 0 saturated carbocycles. The summed E-state index contributed by atoms with van der Waals surface area (Å²) in [4.78, 5) is 23.7. The number of carbonyl (C=O) groups excluding carboxylic acids is 2. The molecular formula is C16H20O3. The molecule has 19 heavy (non-hydrogen) atoms. The van der Waals surface area contributed by atoms with Crippen molar-refractivity contribution in [2.75, 3.05) is 6.61 Å². The van der Waals surface area contributed by atoms with E-state index in [9.17, 15) is 9.59 Å². The molecule has 0 unspecified atom stereocenters. The maximum absolute atomic E-state index is 11.9. The summed E-state index contributed by atoms with van der Waals surface area (Å²) in [6.45, 7) is 7.21. The van der Waals surface area contributed by atoms with Crippen molar-refractivity contribution in [3.8, 4) is 0 Å². The van der Waals surface area contributed by atoms with Crippen molar-refractivity contribution in [1.29, 1.82) is 0 Å². The molecule has 1 aromatic rings. The third-order valence-electron chi connectivity index (χ3n) is 3.45. The Bertz CT molecular complexity index is 450. The van der Waals surface area contributed by atoms with Gasteiger partial charge in [-0.25, -0.2) is 4.79 Å². The molecule has 0 aromatic heterocycles. The van der Waals surface area contributed by atoms with Gasteiger partial charge in [-0.1, -0.05) is 31.2 Å². The summed E-state index contributed by atoms with van der Waals surface area (Å²) >= 11 is 0. The average molecular weight is 260 g/mol. The Labute approximate surface area is 114 Å². The number of carbonyl (C=O) groups is 2. The third kappa shape index (κ3) is 3.78. The predicted molar refractivity (Wildman–Crippen MR) is 74.9 cm³/mol. The first kappa shape index (κ1) is 15.2. The van der Waals surface area contributed by atoms with E-state index < -0.39 is 11.4 Å². The number of hydrogen-bond acceptors (Lipinski definition) is 3. The number of esters is 1. The van der Waals surface area contributed by atoms with Crippen LogP contribution in [0.25, 0.3) is 0 Å². The Morgan fingerprint density at radius 3 is 2.42 bits per heavy atom. The highest BCUT2D eigenvalue weighted by molar-refractivity contribution is 5.90. The molecule has 0 spiro atoms. The van der Waals surface area contributed by atoms with Gasteiger partial charge in [0, 0.05) is 0 Å². The summed E-state index contributed by atoms with van der Waals surface area (Å²) in [6.07, 6.45) is 2.83. The molecule has 0 N–H and O–H groups in total. The second kappa shape index (κ2) is 6.88. The number of ketones is 1. The maximum atomic E-state index is 11.9. The fourth-order valence-corrected chi connectivity index (χ4v) is 1.94. The van der Waals surface area contributed by atoms with Crippen molar-refractivity contribution in [2.24, 2.45) is 5.41 Å². The zero-order chi connectivity index (χ0) is 14.3. The molecule has 0 bridgehead atoms. The smallest absolute Gasteiger partial charge is 0.338 e. The predicted octanol–water partition coefficient (Wildman–Crippen LogP) is 3.40. The number of ether oxygens (including phenoxy) is 1. The van der Waals surface area contributed by atoms with Crippen LogP contribution in [-0.4, -0.2) is 18.4 Å². The molecule has 0 fully saturated rings. The minimum atomic E-state index is -0.647. The summed E-state index contributed by atoms with van der Waals surface area (Å²) in [5, 5.41) is 0. The van der Waals surface area contributed by atoms with Crippen LogP contribution in [0.3, 0.4) is 0 Å². The van der Waals surface area contributed by atoms with Gasteiger partial charge in [0.15, 0.2) is 0 Å². The van der Waals surface area contributed by atoms with Gasteiger partial charge in [-0.05, 0) is 31.9 Å². The molecular weight excluding hydrogens is 240 g/mol. The van der Waals surface area contributed by atoms with Gasteiger partial charge < -0.3 is 4.74 Å². The van der Waals surface area contributed by atoms with Crippen LogP contribution in [0.4, 0.5) is 0 Å². The standard InChI is InChI=1S/C16H20O3/c1-4-11-16(5-2,13(3)17)12-19-15(18)14-9-7-6-8-10-14/h4,6-10H,1,5,11-12H2,2-3H3/t16-/m1/s1. The fourth-order valence-electron chi connectivity index (χ4n) is 1.94. The van der Waals surface area contributed by atoms with Crippen LogP contribution in [0.5, 0.6) is 0 Å². The lowest BCUT2D eigenvalue weighted by Gasteiger charge is -2.28. The number of Topliss-reactive ketones (excluding diaryl/α,β-unsaturated/α-hetero) is 1. The van der Waals surface area contributed by atoms with E-state index in [0.717, 1.165) is 0 Å². The van der Waals surface area contributed by atoms with Gasteiger partial charge in [0.2, 0.25) is 0 Å². The van der Waals surface area contributed by atoms with Gasteiger partial charge in [-0.3, -0.25) is 4.79 Å². The van der Waals surface area contributed by atoms with E-state index in [-0.39, 0.29) is 12.4 Å². The van der Waals surface area contributed by atoms with E-state index in [1.807, 2.05) is 13.0 Å². The van der Waals surface area contributed by atoms with Crippen LogP contribution in [0.15, 0.2) is 43.0 Å². The van der Waals surface area contributed by atoms with Gasteiger partial charge in [-0.2, -0.15) is 0 Å². The van der Waals surface area contributed by atoms with E-state index in [1.165, 1.54) is 6.92 Å². The van der Waals surface area contributed by atoms with Gasteiger partial charge in [0.1, 0.15) is 12.4 Å². The Morgan fingerprint density at radius 1 is 1.32 bits per heavy atom. The normalized spacial score (nSPS) is 13.4. The lowest BCUT2D eigenvalue weighted by molar-refractivity contribution is -0.129. The molecule has 1 aromatic carbocycles. The summed E-state index contributed by atoms with van der Waals surface area (Å²) < 4.78 is 5.29. The molecule has 1 rings (SSSR count). The van der Waals surface area contributed by atoms with Crippen LogP contribution in [0, 0.1) is 5.41 Å². The Balaban J connectivity index is 2.74. The summed E-state index contributed by atoms with van der Waals surface area (Å²) in [5.41, 5.74) is -0.152. The van der Waals surface area contributed by atoms with Gasteiger partial charge >= 0.3 is 5.97 Å². The molecule has 0 aliphatic rings. The molecule has 1 atom stereocenters. The van der Waals surface area contributed by atoms with E-state index in [0.29, 0.717) is 18.4 Å². The largest absolute Gasteiger partial charge is 0.461 e. The van der Waals surface area contributed by atoms with Gasteiger partial charge in [-0.15, -0.1) is 6.58 Å². The zero-order valence-electron chi connectivity index (χ0n) is 11.5. The minimum absolute atomic E-state index is 0.0239. The summed E-state index contributed by atoms with van der Waals surface area (Å²) in [5.74, 6) is -0.375. The topological polar surface area (TPSA) is 43.4 Å². The van der Waals surface area contributed by atoms with Crippen molar-refractivity contribution in [2.45, 2.75) is 26.7 Å². The second-order valence-electron chi connectivity index (χ2n) is 4.63. The van der Waals surface area contributed by atoms with Crippen LogP contribution in [0.1, 0.15) is 37.0 Å². The summed E-state index contributed by atoms with van der Waals surface area (Å²) in [6, 6.07) is 8.77. The molecule has 0 aliphatic carbocycles. The SMILES string of the molecule is C=CC[C@](CC)(COC(=O)c1ccccc1)C(C)=O. The molecule has 0 heterocycles. The summed E-state index contributed by atoms with van der Waals surface area (Å²) in [7, 11) is 0. The molecule has 0 aliphatic heterocycles. The van der Waals surface area contributed by atoms with Crippen molar-refractivity contribution < 1.29 is 14.3 Å². The highest BCUT2D eigenvalue weighted by Gasteiger charge is 2.34. The first-order chi connectivity index (χ1) is 9.05. The highest BCUT2D eigenvalue weighted by atomic mass is 16.5. The Hall–Kier alpha value is -1.90. The molecule has 0 amide bonds. The first-order valence-electron chi connectivity index (χ1n) is 6.40. The number of rotatable bonds is 7. The van der Waals surface area contributed by atoms with Crippen molar-refractivity contribution >= 4 is 11.8 Å². The molecule has 3 nitrogen and oxygen atoms in total. The monoisotopic (exact) mass is 260 g/mol. The van der Waals surface area contributed by atoms with Crippen LogP contribution in [0.2, 0.25) is 0 Å². The van der Waals surface area contributed by atoms with Crippen molar-refractivity contribution in [3.05, 3.63) is 48.6 Å². The number of benzene rings is 1. The molecule has 0 saturated heterocycles. The third-order valence-corrected chi connectivity index (χ3v) is 3.45. The van der Waals surface area contributed by atoms with E-state index in [1.54, 1.807) is 30.3 Å². The highest BCUT2D eigenvalue weighted by Crippen LogP contribution is 2.29. The average Bonchev–Trinajstić information content (AvgIpc) is 2.43. The quantitative estimate of drug-likeness (QED) is 0.557. The molecule has 102 valence electrons. The van der Waals surface area contributed by atoms with Crippen LogP contribution < -0.4 is 0 Å². The van der Waals surface area contributed by atoms with E-state index in [4.69, 9.17) is 4.74 Å². The lowest BCUT2D eigenvalue weighted by Crippen LogP contribution is -2.34. The minimum Gasteiger partial charge on any atom is -0.461 e. The molecule has 0 radical (unpaired) electrons. The van der Waals surface area contributed by atoms with Gasteiger partial charge in [0.25, 0.3) is 0 Å². The number of hydrogen-bond donors (Lipinski definition) is 0. The van der Waals surface area contributed by atoms with E-state index in [2.05, 4.69) is 6.58 Å². The molecule has 3 heteroatoms. The van der Waals surface area contributed by atoms with Crippen molar-refractivity contribution in [3.63, 3.8) is 0 Å². The van der Waals surface area contributed by atoms with E-state index >= 15 is 0 Å². The maximum Gasteiger partial charge on any atom is 0.338 e. The van der Waals surface area contributed by atoms with Crippen LogP contribution >= 0.6 is 0 Å². The lowest BCUT2D eigenvalue weighted by atomic mass is 9.79. The first-order valence-corrected chi connectivity index (χ1v) is 6.40. The second-order valence-corrected chi connectivity index (χ2v) is 4.63. The van der Waals surface area contributed by atoms with Gasteiger partial charge in [0.05, 0.1) is 11.0 Å². The Kier molecular flexibility index (Phi) is 5.49. The van der Waals surface area contributed by atoms with Crippen LogP contribution in [-0.2, 0) is 9.53 Å². The number of allylic oxidation sites excluding steroid dienone is 1. The van der Waals surface area contributed by atoms with Crippen molar-refractivity contribution in [1.82, 2.24) is 0 Å².